The topological polar surface area (TPSA) is 29.5 Å². The number of halogens is 2. The van der Waals surface area contributed by atoms with Crippen LogP contribution in [0.1, 0.15) is 18.9 Å². The van der Waals surface area contributed by atoms with Crippen molar-refractivity contribution in [2.75, 3.05) is 13.2 Å². The number of terminal acetylenes is 1. The van der Waals surface area contributed by atoms with Crippen molar-refractivity contribution in [2.45, 2.75) is 17.3 Å². The average molecular weight is 487 g/mol. The van der Waals surface area contributed by atoms with Crippen molar-refractivity contribution in [3.05, 3.63) is 35.7 Å². The molecule has 1 aromatic rings. The summed E-state index contributed by atoms with van der Waals surface area (Å²) < 4.78 is 19.5. The quantitative estimate of drug-likeness (QED) is 0.283. The Kier molecular flexibility index (Phi) is 8.02. The number of allylic oxidation sites excluding steroid dienone is 1. The molecule has 0 saturated heterocycles. The summed E-state index contributed by atoms with van der Waals surface area (Å²) in [5.74, 6) is 2.18. The van der Waals surface area contributed by atoms with Gasteiger partial charge < -0.3 is 9.64 Å². The molecule has 0 aromatic heterocycles. The molecule has 113 valence electrons. The van der Waals surface area contributed by atoms with Crippen LogP contribution < -0.4 is 4.74 Å². The molecule has 6 heteroatoms. The third-order valence-electron chi connectivity index (χ3n) is 3.09. The molecule has 3 nitrogen and oxygen atoms in total. The van der Waals surface area contributed by atoms with Crippen molar-refractivity contribution < 1.29 is 46.6 Å². The second kappa shape index (κ2) is 9.00. The van der Waals surface area contributed by atoms with Crippen molar-refractivity contribution in [1.82, 2.24) is 4.90 Å². The molecular formula is C16H14FINO2Y-. The van der Waals surface area contributed by atoms with E-state index in [-0.39, 0.29) is 54.7 Å². The Morgan fingerprint density at radius 2 is 2.32 bits per heavy atom. The molecule has 0 aliphatic carbocycles. The molecule has 1 atom stereocenters. The van der Waals surface area contributed by atoms with Crippen LogP contribution in [0.25, 0.3) is 5.70 Å². The summed E-state index contributed by atoms with van der Waals surface area (Å²) in [4.78, 5) is 13.8. The van der Waals surface area contributed by atoms with Crippen LogP contribution in [0.5, 0.6) is 5.75 Å². The number of hydrogen-bond acceptors (Lipinski definition) is 2. The molecular weight excluding hydrogens is 473 g/mol. The van der Waals surface area contributed by atoms with E-state index in [0.717, 1.165) is 0 Å². The van der Waals surface area contributed by atoms with Gasteiger partial charge in [-0.15, -0.1) is 12.1 Å². The van der Waals surface area contributed by atoms with Crippen LogP contribution in [0, 0.1) is 24.2 Å². The minimum atomic E-state index is -0.454. The van der Waals surface area contributed by atoms with Gasteiger partial charge in [-0.25, -0.2) is 10.5 Å². The fourth-order valence-corrected chi connectivity index (χ4v) is 2.72. The summed E-state index contributed by atoms with van der Waals surface area (Å²) in [6.45, 7) is 2.33. The van der Waals surface area contributed by atoms with Gasteiger partial charge in [0.15, 0.2) is 0 Å². The van der Waals surface area contributed by atoms with Gasteiger partial charge in [0, 0.05) is 39.3 Å². The van der Waals surface area contributed by atoms with Gasteiger partial charge in [-0.1, -0.05) is 46.6 Å². The number of carbonyl (C=O) groups is 1. The van der Waals surface area contributed by atoms with Crippen molar-refractivity contribution in [2.24, 2.45) is 0 Å². The molecule has 0 spiro atoms. The van der Waals surface area contributed by atoms with E-state index in [9.17, 15) is 9.18 Å². The van der Waals surface area contributed by atoms with Crippen LogP contribution in [0.4, 0.5) is 4.39 Å². The van der Waals surface area contributed by atoms with E-state index in [1.807, 2.05) is 6.92 Å². The Labute approximate surface area is 168 Å². The largest absolute Gasteiger partial charge is 0.499 e. The zero-order valence-electron chi connectivity index (χ0n) is 12.1. The summed E-state index contributed by atoms with van der Waals surface area (Å²) in [6.07, 6.45) is 8.75. The Bertz CT molecular complexity index is 627. The van der Waals surface area contributed by atoms with Crippen LogP contribution in [-0.2, 0) is 37.5 Å². The summed E-state index contributed by atoms with van der Waals surface area (Å²) in [5.41, 5.74) is 0.673. The summed E-state index contributed by atoms with van der Waals surface area (Å²) in [5, 5.41) is 0. The van der Waals surface area contributed by atoms with Crippen LogP contribution in [0.2, 0.25) is 0 Å². The van der Waals surface area contributed by atoms with Crippen molar-refractivity contribution in [3.63, 3.8) is 0 Å². The van der Waals surface area contributed by atoms with Crippen molar-refractivity contribution in [3.8, 4) is 18.1 Å². The van der Waals surface area contributed by atoms with Gasteiger partial charge in [0.2, 0.25) is 5.91 Å². The summed E-state index contributed by atoms with van der Waals surface area (Å²) in [7, 11) is 0. The maximum Gasteiger partial charge on any atom is 0.236 e. The number of ether oxygens (including phenoxy) is 1. The third kappa shape index (κ3) is 4.09. The van der Waals surface area contributed by atoms with E-state index in [1.165, 1.54) is 11.0 Å². The van der Waals surface area contributed by atoms with Gasteiger partial charge in [-0.05, 0) is 19.1 Å². The van der Waals surface area contributed by atoms with Crippen LogP contribution in [-0.4, -0.2) is 27.9 Å². The van der Waals surface area contributed by atoms with Gasteiger partial charge in [-0.2, -0.15) is 0 Å². The molecule has 0 bridgehead atoms. The SMILES string of the molecule is C#CCOc1cccc(F)c1C1=[C-]CC(I)C(=O)N1CC.[Y]. The third-order valence-corrected chi connectivity index (χ3v) is 4.07. The van der Waals surface area contributed by atoms with E-state index < -0.39 is 5.82 Å². The van der Waals surface area contributed by atoms with E-state index in [4.69, 9.17) is 11.2 Å². The molecule has 0 fully saturated rings. The molecule has 1 aromatic carbocycles. The smallest absolute Gasteiger partial charge is 0.236 e. The second-order valence-electron chi connectivity index (χ2n) is 4.39. The predicted octanol–water partition coefficient (Wildman–Crippen LogP) is 3.04. The summed E-state index contributed by atoms with van der Waals surface area (Å²) in [6, 6.07) is 4.52. The molecule has 1 aliphatic rings. The minimum absolute atomic E-state index is 0. The Balaban J connectivity index is 0.00000242. The van der Waals surface area contributed by atoms with Gasteiger partial charge >= 0.3 is 0 Å². The number of rotatable bonds is 4. The maximum atomic E-state index is 14.3. The first-order valence-electron chi connectivity index (χ1n) is 6.51. The normalized spacial score (nSPS) is 17.4. The molecule has 1 heterocycles. The number of alkyl halides is 1. The van der Waals surface area contributed by atoms with Gasteiger partial charge in [0.25, 0.3) is 0 Å². The summed E-state index contributed by atoms with van der Waals surface area (Å²) >= 11 is 2.07. The van der Waals surface area contributed by atoms with Crippen LogP contribution >= 0.6 is 22.6 Å². The van der Waals surface area contributed by atoms with Gasteiger partial charge in [0.1, 0.15) is 6.61 Å². The van der Waals surface area contributed by atoms with Crippen LogP contribution in [0.3, 0.4) is 0 Å². The number of amides is 1. The first-order valence-corrected chi connectivity index (χ1v) is 7.76. The Morgan fingerprint density at radius 1 is 1.59 bits per heavy atom. The molecule has 1 aliphatic heterocycles. The Hall–Kier alpha value is -0.446. The zero-order valence-corrected chi connectivity index (χ0v) is 17.1. The molecule has 2 rings (SSSR count). The molecule has 0 saturated carbocycles. The van der Waals surface area contributed by atoms with E-state index in [0.29, 0.717) is 24.4 Å². The van der Waals surface area contributed by atoms with E-state index in [1.54, 1.807) is 12.1 Å². The van der Waals surface area contributed by atoms with Crippen molar-refractivity contribution >= 4 is 34.2 Å². The minimum Gasteiger partial charge on any atom is -0.499 e. The first kappa shape index (κ1) is 19.6. The number of benzene rings is 1. The zero-order chi connectivity index (χ0) is 15.4. The van der Waals surface area contributed by atoms with Crippen LogP contribution in [0.15, 0.2) is 18.2 Å². The Morgan fingerprint density at radius 3 is 2.95 bits per heavy atom. The molecule has 1 amide bonds. The number of carbonyl (C=O) groups excluding carboxylic acids is 1. The van der Waals surface area contributed by atoms with E-state index >= 15 is 0 Å². The fraction of sp³-hybridized carbons (Fsp3) is 0.312. The fourth-order valence-electron chi connectivity index (χ4n) is 2.16. The molecule has 1 radical (unpaired) electrons. The van der Waals surface area contributed by atoms with Crippen molar-refractivity contribution in [1.29, 1.82) is 0 Å². The maximum absolute atomic E-state index is 14.3. The van der Waals surface area contributed by atoms with Gasteiger partial charge in [-0.3, -0.25) is 4.79 Å². The molecule has 0 N–H and O–H groups in total. The number of hydrogen-bond donors (Lipinski definition) is 0. The van der Waals surface area contributed by atoms with Gasteiger partial charge in [0.05, 0.1) is 15.5 Å². The van der Waals surface area contributed by atoms with E-state index in [2.05, 4.69) is 34.6 Å². The average Bonchev–Trinajstić information content (AvgIpc) is 2.48. The first-order chi connectivity index (χ1) is 10.1. The predicted molar refractivity (Wildman–Crippen MR) is 87.2 cm³/mol. The standard InChI is InChI=1S/C16H14FINO2.Y/c1-3-10-21-14-7-5-6-11(17)15(14)13-9-8-12(18)16(20)19(13)4-2;/h1,5-7,12H,4,8,10H2,2H3;/q-1;. The monoisotopic (exact) mass is 487 g/mol. The number of nitrogens with zero attached hydrogens (tertiary/aromatic N) is 1. The second-order valence-corrected chi connectivity index (χ2v) is 5.89. The molecule has 1 unspecified atom stereocenters. The molecule has 22 heavy (non-hydrogen) atoms.